The summed E-state index contributed by atoms with van der Waals surface area (Å²) >= 11 is 0. The van der Waals surface area contributed by atoms with Gasteiger partial charge in [-0.05, 0) is 52.7 Å². The van der Waals surface area contributed by atoms with Gasteiger partial charge < -0.3 is 10.1 Å². The first kappa shape index (κ1) is 17.0. The Balaban J connectivity index is 2.78. The van der Waals surface area contributed by atoms with Crippen molar-refractivity contribution in [3.8, 4) is 0 Å². The summed E-state index contributed by atoms with van der Waals surface area (Å²) in [5.41, 5.74) is 4.73. The number of carbonyl (C=O) groups excluding carboxylic acids is 2. The SMILES string of the molecule is CC(C)=CC(=O)O[C@H](C)C(=O)Nc1c(C)cc(C)cc1C. The summed E-state index contributed by atoms with van der Waals surface area (Å²) in [5.74, 6) is -0.837. The summed E-state index contributed by atoms with van der Waals surface area (Å²) in [6, 6.07) is 4.00. The van der Waals surface area contributed by atoms with Crippen molar-refractivity contribution >= 4 is 17.6 Å². The van der Waals surface area contributed by atoms with Crippen LogP contribution in [-0.2, 0) is 14.3 Å². The summed E-state index contributed by atoms with van der Waals surface area (Å²) in [6.45, 7) is 11.0. The molecule has 0 aromatic heterocycles. The number of anilines is 1. The normalized spacial score (nSPS) is 11.5. The molecule has 4 nitrogen and oxygen atoms in total. The van der Waals surface area contributed by atoms with E-state index < -0.39 is 12.1 Å². The highest BCUT2D eigenvalue weighted by Crippen LogP contribution is 2.22. The van der Waals surface area contributed by atoms with Gasteiger partial charge in [0.25, 0.3) is 5.91 Å². The van der Waals surface area contributed by atoms with Crippen LogP contribution in [0.25, 0.3) is 0 Å². The Hall–Kier alpha value is -2.10. The summed E-state index contributed by atoms with van der Waals surface area (Å²) in [5, 5.41) is 2.83. The van der Waals surface area contributed by atoms with Crippen molar-refractivity contribution in [2.45, 2.75) is 47.6 Å². The molecule has 1 rings (SSSR count). The maximum Gasteiger partial charge on any atom is 0.331 e. The van der Waals surface area contributed by atoms with Gasteiger partial charge in [-0.2, -0.15) is 0 Å². The van der Waals surface area contributed by atoms with E-state index in [0.717, 1.165) is 28.0 Å². The standard InChI is InChI=1S/C17H23NO3/c1-10(2)7-15(19)21-14(6)17(20)18-16-12(4)8-11(3)9-13(16)5/h7-9,14H,1-6H3,(H,18,20)/t14-/m1/s1. The number of rotatable bonds is 4. The van der Waals surface area contributed by atoms with Gasteiger partial charge in [0.1, 0.15) is 0 Å². The van der Waals surface area contributed by atoms with Crippen molar-refractivity contribution in [2.75, 3.05) is 5.32 Å². The average Bonchev–Trinajstić information content (AvgIpc) is 2.31. The van der Waals surface area contributed by atoms with Crippen molar-refractivity contribution in [1.29, 1.82) is 0 Å². The summed E-state index contributed by atoms with van der Waals surface area (Å²) in [4.78, 5) is 23.6. The van der Waals surface area contributed by atoms with Crippen molar-refractivity contribution in [3.05, 3.63) is 40.5 Å². The van der Waals surface area contributed by atoms with E-state index in [1.165, 1.54) is 6.08 Å². The Bertz CT molecular complexity index is 561. The number of ether oxygens (including phenoxy) is 1. The molecular formula is C17H23NO3. The van der Waals surface area contributed by atoms with Crippen molar-refractivity contribution < 1.29 is 14.3 Å². The largest absolute Gasteiger partial charge is 0.449 e. The molecule has 0 heterocycles. The lowest BCUT2D eigenvalue weighted by atomic mass is 10.0. The minimum absolute atomic E-state index is 0.333. The second-order valence-electron chi connectivity index (χ2n) is 5.56. The lowest BCUT2D eigenvalue weighted by molar-refractivity contribution is -0.148. The molecule has 1 aromatic carbocycles. The summed E-state index contributed by atoms with van der Waals surface area (Å²) in [6.07, 6.45) is 0.528. The van der Waals surface area contributed by atoms with Crippen LogP contribution in [0.1, 0.15) is 37.5 Å². The van der Waals surface area contributed by atoms with Crippen LogP contribution in [-0.4, -0.2) is 18.0 Å². The molecule has 1 atom stereocenters. The van der Waals surface area contributed by atoms with Gasteiger partial charge in [-0.1, -0.05) is 23.3 Å². The van der Waals surface area contributed by atoms with Crippen LogP contribution in [0.4, 0.5) is 5.69 Å². The predicted octanol–water partition coefficient (Wildman–Crippen LogP) is 3.45. The predicted molar refractivity (Wildman–Crippen MR) is 84.3 cm³/mol. The minimum Gasteiger partial charge on any atom is -0.449 e. The highest BCUT2D eigenvalue weighted by molar-refractivity contribution is 5.97. The third-order valence-electron chi connectivity index (χ3n) is 2.99. The maximum atomic E-state index is 12.1. The van der Waals surface area contributed by atoms with Crippen LogP contribution in [0.5, 0.6) is 0 Å². The number of hydrogen-bond acceptors (Lipinski definition) is 3. The molecule has 0 radical (unpaired) electrons. The van der Waals surface area contributed by atoms with Crippen molar-refractivity contribution in [1.82, 2.24) is 0 Å². The quantitative estimate of drug-likeness (QED) is 0.682. The first-order valence-corrected chi connectivity index (χ1v) is 6.95. The molecule has 0 unspecified atom stereocenters. The molecule has 0 aliphatic heterocycles. The zero-order valence-corrected chi connectivity index (χ0v) is 13.5. The van der Waals surface area contributed by atoms with Crippen molar-refractivity contribution in [2.24, 2.45) is 0 Å². The Morgan fingerprint density at radius 2 is 1.67 bits per heavy atom. The summed E-state index contributed by atoms with van der Waals surface area (Å²) in [7, 11) is 0. The Kier molecular flexibility index (Phi) is 5.70. The smallest absolute Gasteiger partial charge is 0.331 e. The monoisotopic (exact) mass is 289 g/mol. The Morgan fingerprint density at radius 1 is 1.14 bits per heavy atom. The van der Waals surface area contributed by atoms with Gasteiger partial charge >= 0.3 is 5.97 Å². The van der Waals surface area contributed by atoms with Gasteiger partial charge in [-0.3, -0.25) is 4.79 Å². The van der Waals surface area contributed by atoms with Crippen LogP contribution >= 0.6 is 0 Å². The second-order valence-corrected chi connectivity index (χ2v) is 5.56. The van der Waals surface area contributed by atoms with Gasteiger partial charge in [0.2, 0.25) is 0 Å². The summed E-state index contributed by atoms with van der Waals surface area (Å²) < 4.78 is 5.07. The molecule has 21 heavy (non-hydrogen) atoms. The van der Waals surface area contributed by atoms with E-state index in [4.69, 9.17) is 4.74 Å². The number of esters is 1. The second kappa shape index (κ2) is 7.07. The third kappa shape index (κ3) is 5.06. The number of allylic oxidation sites excluding steroid dienone is 1. The lowest BCUT2D eigenvalue weighted by Crippen LogP contribution is -2.30. The number of nitrogens with one attached hydrogen (secondary N) is 1. The van der Waals surface area contributed by atoms with Gasteiger partial charge in [0.05, 0.1) is 0 Å². The first-order valence-electron chi connectivity index (χ1n) is 6.95. The van der Waals surface area contributed by atoms with Crippen LogP contribution < -0.4 is 5.32 Å². The van der Waals surface area contributed by atoms with Gasteiger partial charge in [0.15, 0.2) is 6.10 Å². The molecule has 1 amide bonds. The molecule has 1 aromatic rings. The highest BCUT2D eigenvalue weighted by atomic mass is 16.5. The molecule has 0 bridgehead atoms. The highest BCUT2D eigenvalue weighted by Gasteiger charge is 2.18. The third-order valence-corrected chi connectivity index (χ3v) is 2.99. The minimum atomic E-state index is -0.840. The first-order chi connectivity index (χ1) is 9.70. The number of hydrogen-bond donors (Lipinski definition) is 1. The van der Waals surface area contributed by atoms with E-state index in [1.54, 1.807) is 20.8 Å². The van der Waals surface area contributed by atoms with E-state index in [9.17, 15) is 9.59 Å². The van der Waals surface area contributed by atoms with Crippen LogP contribution in [0.2, 0.25) is 0 Å². The van der Waals surface area contributed by atoms with Gasteiger partial charge in [0, 0.05) is 11.8 Å². The fourth-order valence-corrected chi connectivity index (χ4v) is 2.10. The van der Waals surface area contributed by atoms with Crippen LogP contribution in [0, 0.1) is 20.8 Å². The fourth-order valence-electron chi connectivity index (χ4n) is 2.10. The molecular weight excluding hydrogens is 266 g/mol. The Labute approximate surface area is 126 Å². The van der Waals surface area contributed by atoms with Gasteiger partial charge in [-0.25, -0.2) is 4.79 Å². The average molecular weight is 289 g/mol. The molecule has 0 saturated heterocycles. The van der Waals surface area contributed by atoms with E-state index in [2.05, 4.69) is 5.32 Å². The number of aryl methyl sites for hydroxylation is 3. The zero-order chi connectivity index (χ0) is 16.2. The number of amides is 1. The zero-order valence-electron chi connectivity index (χ0n) is 13.5. The van der Waals surface area contributed by atoms with E-state index >= 15 is 0 Å². The van der Waals surface area contributed by atoms with Gasteiger partial charge in [-0.15, -0.1) is 0 Å². The Morgan fingerprint density at radius 3 is 2.14 bits per heavy atom. The van der Waals surface area contributed by atoms with E-state index in [0.29, 0.717) is 0 Å². The fraction of sp³-hybridized carbons (Fsp3) is 0.412. The molecule has 0 saturated carbocycles. The lowest BCUT2D eigenvalue weighted by Gasteiger charge is -2.16. The molecule has 1 N–H and O–H groups in total. The molecule has 0 spiro atoms. The number of carbonyl (C=O) groups is 2. The number of benzene rings is 1. The van der Waals surface area contributed by atoms with E-state index in [1.807, 2.05) is 32.9 Å². The molecule has 114 valence electrons. The van der Waals surface area contributed by atoms with Crippen molar-refractivity contribution in [3.63, 3.8) is 0 Å². The van der Waals surface area contributed by atoms with Crippen LogP contribution in [0.15, 0.2) is 23.8 Å². The van der Waals surface area contributed by atoms with E-state index in [-0.39, 0.29) is 5.91 Å². The molecule has 0 aliphatic rings. The topological polar surface area (TPSA) is 55.4 Å². The molecule has 0 aliphatic carbocycles. The molecule has 0 fully saturated rings. The molecule has 4 heteroatoms. The maximum absolute atomic E-state index is 12.1. The van der Waals surface area contributed by atoms with Crippen LogP contribution in [0.3, 0.4) is 0 Å².